The number of H-pyrrole nitrogens is 1. The zero-order valence-electron chi connectivity index (χ0n) is 26.7. The molecule has 0 amide bonds. The number of hydrogen-bond donors (Lipinski definition) is 2. The van der Waals surface area contributed by atoms with Gasteiger partial charge in [-0.1, -0.05) is 54.6 Å². The molecular weight excluding hydrogens is 624 g/mol. The van der Waals surface area contributed by atoms with Crippen LogP contribution < -0.4 is 20.5 Å². The Balaban J connectivity index is 0.774. The lowest BCUT2D eigenvalue weighted by atomic mass is 10.0. The van der Waals surface area contributed by atoms with E-state index in [0.717, 1.165) is 34.0 Å². The highest BCUT2D eigenvalue weighted by Gasteiger charge is 2.24. The Bertz CT molecular complexity index is 2340. The maximum atomic E-state index is 13.5. The fourth-order valence-corrected chi connectivity index (χ4v) is 6.50. The normalized spacial score (nSPS) is 12.5. The minimum absolute atomic E-state index is 0.0726. The second kappa shape index (κ2) is 13.5. The van der Waals surface area contributed by atoms with Crippen molar-refractivity contribution in [3.63, 3.8) is 0 Å². The monoisotopic (exact) mass is 658 g/mol. The number of rotatable bonds is 13. The maximum Gasteiger partial charge on any atom is 0.261 e. The summed E-state index contributed by atoms with van der Waals surface area (Å²) in [4.78, 5) is 22.2. The summed E-state index contributed by atoms with van der Waals surface area (Å²) in [5.41, 5.74) is 5.52. The lowest BCUT2D eigenvalue weighted by Crippen LogP contribution is -2.33. The third-order valence-corrected chi connectivity index (χ3v) is 8.88. The van der Waals surface area contributed by atoms with Crippen LogP contribution in [0.25, 0.3) is 55.4 Å². The van der Waals surface area contributed by atoms with Gasteiger partial charge in [0.25, 0.3) is 11.3 Å². The molecule has 7 aromatic rings. The van der Waals surface area contributed by atoms with Crippen molar-refractivity contribution >= 4 is 32.6 Å². The number of aromatic amines is 1. The van der Waals surface area contributed by atoms with Gasteiger partial charge in [-0.3, -0.25) is 14.0 Å². The summed E-state index contributed by atoms with van der Waals surface area (Å²) in [5.74, 6) is 1.27. The molecule has 0 saturated heterocycles. The van der Waals surface area contributed by atoms with Gasteiger partial charge in [-0.2, -0.15) is 0 Å². The van der Waals surface area contributed by atoms with Crippen molar-refractivity contribution in [2.75, 3.05) is 39.6 Å². The van der Waals surface area contributed by atoms with Crippen molar-refractivity contribution in [1.29, 1.82) is 0 Å². The van der Waals surface area contributed by atoms with Crippen LogP contribution in [0.4, 0.5) is 0 Å². The molecule has 0 aliphatic carbocycles. The van der Waals surface area contributed by atoms with Crippen LogP contribution >= 0.6 is 0 Å². The van der Waals surface area contributed by atoms with Gasteiger partial charge in [-0.25, -0.2) is 4.98 Å². The summed E-state index contributed by atoms with van der Waals surface area (Å²) >= 11 is 0. The topological polar surface area (TPSA) is 143 Å². The minimum atomic E-state index is -0.0726. The van der Waals surface area contributed by atoms with E-state index in [1.54, 1.807) is 10.6 Å². The summed E-state index contributed by atoms with van der Waals surface area (Å²) in [6.07, 6.45) is 0.769. The van der Waals surface area contributed by atoms with Gasteiger partial charge >= 0.3 is 0 Å². The fraction of sp³-hybridized carbons (Fsp3) is 0.243. The molecule has 49 heavy (non-hydrogen) atoms. The van der Waals surface area contributed by atoms with Crippen molar-refractivity contribution in [3.05, 3.63) is 112 Å². The van der Waals surface area contributed by atoms with Crippen LogP contribution in [-0.2, 0) is 29.0 Å². The summed E-state index contributed by atoms with van der Waals surface area (Å²) in [5, 5.41) is 23.3. The van der Waals surface area contributed by atoms with E-state index in [0.29, 0.717) is 84.9 Å². The molecule has 0 saturated carbocycles. The molecule has 0 fully saturated rings. The van der Waals surface area contributed by atoms with Crippen LogP contribution in [0.3, 0.4) is 0 Å². The standard InChI is InChI=1S/C37H34N6O6/c44-37-30-22-25(12-13-32(30)40-36-35-29(14-16-42(36)37)27-9-3-4-11-31(27)39-35)48-21-20-47-19-18-46-17-15-38-23-33-34(41-49-43(33)45)28-10-5-7-24-6-1-2-8-26(24)28/h1-13,22,38-39H,14-21,23H2. The average molecular weight is 659 g/mol. The van der Waals surface area contributed by atoms with Crippen molar-refractivity contribution in [2.45, 2.75) is 19.5 Å². The summed E-state index contributed by atoms with van der Waals surface area (Å²) in [6, 6.07) is 27.5. The van der Waals surface area contributed by atoms with Gasteiger partial charge in [0.2, 0.25) is 5.69 Å². The van der Waals surface area contributed by atoms with E-state index in [4.69, 9.17) is 23.8 Å². The Morgan fingerprint density at radius 2 is 1.69 bits per heavy atom. The summed E-state index contributed by atoms with van der Waals surface area (Å²) < 4.78 is 23.9. The zero-order chi connectivity index (χ0) is 33.2. The Labute approximate surface area is 280 Å². The van der Waals surface area contributed by atoms with Crippen molar-refractivity contribution in [1.82, 2.24) is 25.0 Å². The molecule has 1 aliphatic rings. The van der Waals surface area contributed by atoms with Gasteiger partial charge in [0.1, 0.15) is 12.4 Å². The van der Waals surface area contributed by atoms with Gasteiger partial charge in [-0.15, -0.1) is 0 Å². The molecule has 0 atom stereocenters. The largest absolute Gasteiger partial charge is 0.491 e. The first kappa shape index (κ1) is 30.8. The number of nitrogens with zero attached hydrogens (tertiary/aromatic N) is 4. The number of ether oxygens (including phenoxy) is 3. The molecule has 1 aliphatic heterocycles. The minimum Gasteiger partial charge on any atom is -0.491 e. The van der Waals surface area contributed by atoms with E-state index in [2.05, 4.69) is 21.5 Å². The molecule has 12 heteroatoms. The first-order valence-corrected chi connectivity index (χ1v) is 16.4. The smallest absolute Gasteiger partial charge is 0.261 e. The highest BCUT2D eigenvalue weighted by Crippen LogP contribution is 2.34. The average Bonchev–Trinajstić information content (AvgIpc) is 3.70. The number of fused-ring (bicyclic) bond motifs is 7. The van der Waals surface area contributed by atoms with E-state index >= 15 is 0 Å². The van der Waals surface area contributed by atoms with Gasteiger partial charge in [-0.05, 0) is 58.0 Å². The van der Waals surface area contributed by atoms with Crippen LogP contribution in [0.5, 0.6) is 5.75 Å². The van der Waals surface area contributed by atoms with Gasteiger partial charge in [0, 0.05) is 34.7 Å². The molecule has 0 bridgehead atoms. The number of benzene rings is 4. The van der Waals surface area contributed by atoms with Crippen LogP contribution in [0.2, 0.25) is 0 Å². The van der Waals surface area contributed by atoms with Crippen molar-refractivity contribution in [3.8, 4) is 28.5 Å². The zero-order valence-corrected chi connectivity index (χ0v) is 26.7. The van der Waals surface area contributed by atoms with E-state index in [9.17, 15) is 10.0 Å². The number of para-hydroxylation sites is 1. The summed E-state index contributed by atoms with van der Waals surface area (Å²) in [6.45, 7) is 3.37. The summed E-state index contributed by atoms with van der Waals surface area (Å²) in [7, 11) is 0. The number of nitrogens with one attached hydrogen (secondary N) is 2. The predicted molar refractivity (Wildman–Crippen MR) is 184 cm³/mol. The molecule has 8 rings (SSSR count). The van der Waals surface area contributed by atoms with Gasteiger partial charge in [0.15, 0.2) is 5.82 Å². The van der Waals surface area contributed by atoms with Gasteiger partial charge in [0.05, 0.1) is 49.6 Å². The Morgan fingerprint density at radius 1 is 0.898 bits per heavy atom. The quantitative estimate of drug-likeness (QED) is 0.133. The Morgan fingerprint density at radius 3 is 2.61 bits per heavy atom. The van der Waals surface area contributed by atoms with E-state index in [1.807, 2.05) is 72.8 Å². The van der Waals surface area contributed by atoms with Crippen LogP contribution in [-0.4, -0.2) is 59.3 Å². The molecule has 0 radical (unpaired) electrons. The Kier molecular flexibility index (Phi) is 8.48. The van der Waals surface area contributed by atoms with Gasteiger partial charge < -0.3 is 29.7 Å². The second-order valence-electron chi connectivity index (χ2n) is 11.8. The lowest BCUT2D eigenvalue weighted by molar-refractivity contribution is -0.808. The maximum absolute atomic E-state index is 13.5. The third kappa shape index (κ3) is 6.01. The number of aryl methyl sites for hydroxylation is 1. The molecule has 0 spiro atoms. The SMILES string of the molecule is O=c1c2cc(OCCOCCOCCNCc3c(-c4cccc5ccccc45)no[n+]3[O-])ccc2nc2n1CCc1c-2[nH]c2ccccc12. The lowest BCUT2D eigenvalue weighted by Gasteiger charge is -2.19. The predicted octanol–water partition coefficient (Wildman–Crippen LogP) is 4.74. The van der Waals surface area contributed by atoms with Crippen LogP contribution in [0, 0.1) is 5.21 Å². The number of aromatic nitrogens is 5. The molecule has 4 aromatic carbocycles. The highest BCUT2D eigenvalue weighted by atomic mass is 16.8. The molecule has 12 nitrogen and oxygen atoms in total. The van der Waals surface area contributed by atoms with Crippen molar-refractivity contribution in [2.24, 2.45) is 0 Å². The van der Waals surface area contributed by atoms with E-state index < -0.39 is 0 Å². The van der Waals surface area contributed by atoms with Crippen molar-refractivity contribution < 1.29 is 23.7 Å². The fourth-order valence-electron chi connectivity index (χ4n) is 6.50. The van der Waals surface area contributed by atoms with Crippen LogP contribution in [0.15, 0.2) is 94.4 Å². The van der Waals surface area contributed by atoms with Crippen LogP contribution in [0.1, 0.15) is 11.3 Å². The second-order valence-corrected chi connectivity index (χ2v) is 11.8. The number of hydrogen-bond acceptors (Lipinski definition) is 9. The first-order chi connectivity index (χ1) is 24.2. The molecule has 3 aromatic heterocycles. The van der Waals surface area contributed by atoms with E-state index in [-0.39, 0.29) is 12.1 Å². The first-order valence-electron chi connectivity index (χ1n) is 16.4. The molecule has 0 unspecified atom stereocenters. The third-order valence-electron chi connectivity index (χ3n) is 8.88. The van der Waals surface area contributed by atoms with E-state index in [1.165, 1.54) is 10.9 Å². The molecule has 4 heterocycles. The molecule has 248 valence electrons. The molecule has 2 N–H and O–H groups in total. The highest BCUT2D eigenvalue weighted by molar-refractivity contribution is 5.96. The Hall–Kier alpha value is -5.56. The molecular formula is C37H34N6O6.